The maximum atomic E-state index is 8.78. The number of nitrogens with zero attached hydrogens (tertiary/aromatic N) is 3. The van der Waals surface area contributed by atoms with Crippen LogP contribution in [0.15, 0.2) is 42.3 Å². The van der Waals surface area contributed by atoms with E-state index in [4.69, 9.17) is 35.7 Å². The van der Waals surface area contributed by atoms with Crippen LogP contribution < -0.4 is 30.4 Å². The van der Waals surface area contributed by atoms with Crippen molar-refractivity contribution in [2.45, 2.75) is 6.92 Å². The summed E-state index contributed by atoms with van der Waals surface area (Å²) in [6.45, 7) is 1.76. The minimum absolute atomic E-state index is 0.115. The second-order valence-electron chi connectivity index (χ2n) is 6.28. The summed E-state index contributed by atoms with van der Waals surface area (Å²) in [6.07, 6.45) is 3.08. The third kappa shape index (κ3) is 8.52. The molecule has 1 heterocycles. The third-order valence-corrected chi connectivity index (χ3v) is 7.40. The quantitative estimate of drug-likeness (QED) is 0.164. The Balaban J connectivity index is 0.000000251. The molecule has 0 aliphatic rings. The lowest BCUT2D eigenvalue weighted by atomic mass is 10.3. The zero-order valence-corrected chi connectivity index (χ0v) is 27.2. The minimum Gasteiger partial charge on any atom is -0.496 e. The van der Waals surface area contributed by atoms with E-state index in [0.717, 1.165) is 25.8 Å². The second kappa shape index (κ2) is 14.3. The fourth-order valence-electron chi connectivity index (χ4n) is 2.35. The number of methoxy groups -OCH3 is 2. The number of hydrogen-bond donors (Lipinski definition) is 2. The average Bonchev–Trinajstić information content (AvgIpc) is 2.83. The van der Waals surface area contributed by atoms with Crippen molar-refractivity contribution in [2.75, 3.05) is 25.7 Å². The molecule has 3 rings (SSSR count). The highest BCUT2D eigenvalue weighted by Crippen LogP contribution is 2.35. The van der Waals surface area contributed by atoms with E-state index in [-0.39, 0.29) is 11.8 Å². The molecule has 3 aromatic rings. The molecule has 0 fully saturated rings. The predicted molar refractivity (Wildman–Crippen MR) is 168 cm³/mol. The lowest BCUT2D eigenvalue weighted by Gasteiger charge is -2.11. The number of nitrogens with two attached hydrogens (primary N) is 2. The summed E-state index contributed by atoms with van der Waals surface area (Å²) in [5, 5.41) is 8.78. The third-order valence-electron chi connectivity index (χ3n) is 4.03. The Morgan fingerprint density at radius 3 is 1.83 bits per heavy atom. The van der Waals surface area contributed by atoms with Crippen LogP contribution in [0.2, 0.25) is 0 Å². The van der Waals surface area contributed by atoms with Crippen LogP contribution >= 0.6 is 90.4 Å². The highest BCUT2D eigenvalue weighted by Gasteiger charge is 2.12. The van der Waals surface area contributed by atoms with E-state index >= 15 is 0 Å². The summed E-state index contributed by atoms with van der Waals surface area (Å²) in [4.78, 5) is 7.70. The van der Waals surface area contributed by atoms with E-state index in [1.807, 2.05) is 30.3 Å². The van der Waals surface area contributed by atoms with Gasteiger partial charge in [0.2, 0.25) is 5.95 Å². The Morgan fingerprint density at radius 1 is 0.857 bits per heavy atom. The molecule has 0 bridgehead atoms. The van der Waals surface area contributed by atoms with Crippen molar-refractivity contribution >= 4 is 102 Å². The number of aromatic nitrogens is 2. The molecule has 4 N–H and O–H groups in total. The van der Waals surface area contributed by atoms with Crippen LogP contribution in [0, 0.1) is 25.6 Å². The Hall–Kier alpha value is -1.53. The van der Waals surface area contributed by atoms with Gasteiger partial charge in [-0.15, -0.1) is 0 Å². The molecule has 0 saturated carbocycles. The first-order valence-corrected chi connectivity index (χ1v) is 13.8. The molecule has 0 radical (unpaired) electrons. The van der Waals surface area contributed by atoms with E-state index in [2.05, 4.69) is 100 Å². The first kappa shape index (κ1) is 29.7. The van der Waals surface area contributed by atoms with E-state index in [1.165, 1.54) is 6.20 Å². The molecule has 0 amide bonds. The first-order valence-electron chi connectivity index (χ1n) is 9.49. The molecular weight excluding hydrogens is 906 g/mol. The molecule has 0 aliphatic carbocycles. The van der Waals surface area contributed by atoms with E-state index in [9.17, 15) is 0 Å². The zero-order chi connectivity index (χ0) is 26.1. The number of nitrogen functional groups attached to an aromatic ring is 2. The van der Waals surface area contributed by atoms with E-state index in [0.29, 0.717) is 23.0 Å². The number of halogens is 4. The van der Waals surface area contributed by atoms with Gasteiger partial charge in [0.1, 0.15) is 29.1 Å². The lowest BCUT2D eigenvalue weighted by Crippen LogP contribution is -2.02. The van der Waals surface area contributed by atoms with Crippen LogP contribution in [0.3, 0.4) is 0 Å². The van der Waals surface area contributed by atoms with Gasteiger partial charge in [-0.05, 0) is 128 Å². The van der Waals surface area contributed by atoms with Gasteiger partial charge >= 0.3 is 0 Å². The molecule has 0 atom stereocenters. The van der Waals surface area contributed by atoms with Gasteiger partial charge < -0.3 is 30.4 Å². The summed E-state index contributed by atoms with van der Waals surface area (Å²) in [7, 11) is 3.25. The van der Waals surface area contributed by atoms with E-state index in [1.54, 1.807) is 27.2 Å². The molecule has 35 heavy (non-hydrogen) atoms. The molecular formula is C22H19I4N5O4. The summed E-state index contributed by atoms with van der Waals surface area (Å²) in [6, 6.07) is 9.44. The van der Waals surface area contributed by atoms with Crippen LogP contribution in [0.25, 0.3) is 0 Å². The number of anilines is 2. The molecule has 0 unspecified atom stereocenters. The van der Waals surface area contributed by atoms with Crippen LogP contribution in [-0.2, 0) is 0 Å². The van der Waals surface area contributed by atoms with Gasteiger partial charge in [0.05, 0.1) is 34.7 Å². The van der Waals surface area contributed by atoms with Gasteiger partial charge in [-0.3, -0.25) is 0 Å². The van der Waals surface area contributed by atoms with Gasteiger partial charge in [-0.1, -0.05) is 0 Å². The SMILES string of the molecule is C/C=C(/C#N)Oc1cc(I)c(OC)cc1I.COc1cc(I)c(Oc2cnc(N)nc2N)cc1I. The Bertz CT molecular complexity index is 1280. The monoisotopic (exact) mass is 925 g/mol. The first-order chi connectivity index (χ1) is 16.6. The minimum atomic E-state index is 0.115. The zero-order valence-electron chi connectivity index (χ0n) is 18.6. The van der Waals surface area contributed by atoms with Crippen molar-refractivity contribution in [3.8, 4) is 34.8 Å². The van der Waals surface area contributed by atoms with Gasteiger partial charge in [0.15, 0.2) is 17.3 Å². The van der Waals surface area contributed by atoms with Crippen LogP contribution in [-0.4, -0.2) is 24.2 Å². The summed E-state index contributed by atoms with van der Waals surface area (Å²) in [5.41, 5.74) is 11.2. The normalized spacial score (nSPS) is 10.5. The average molecular weight is 925 g/mol. The highest BCUT2D eigenvalue weighted by atomic mass is 127. The Kier molecular flexibility index (Phi) is 12.1. The maximum Gasteiger partial charge on any atom is 0.222 e. The predicted octanol–water partition coefficient (Wildman–Crippen LogP) is 6.36. The van der Waals surface area contributed by atoms with Crippen molar-refractivity contribution < 1.29 is 18.9 Å². The summed E-state index contributed by atoms with van der Waals surface area (Å²) in [5.74, 6) is 3.89. The smallest absolute Gasteiger partial charge is 0.222 e. The van der Waals surface area contributed by atoms with Gasteiger partial charge in [-0.25, -0.2) is 4.98 Å². The van der Waals surface area contributed by atoms with Crippen LogP contribution in [0.4, 0.5) is 11.8 Å². The number of hydrogen-bond acceptors (Lipinski definition) is 9. The van der Waals surface area contributed by atoms with E-state index < -0.39 is 0 Å². The van der Waals surface area contributed by atoms with Crippen LogP contribution in [0.5, 0.6) is 28.7 Å². The molecule has 9 nitrogen and oxygen atoms in total. The van der Waals surface area contributed by atoms with Crippen molar-refractivity contribution in [1.29, 1.82) is 5.26 Å². The summed E-state index contributed by atoms with van der Waals surface area (Å²) < 4.78 is 25.3. The Labute approximate surface area is 257 Å². The number of ether oxygens (including phenoxy) is 4. The fraction of sp³-hybridized carbons (Fsp3) is 0.136. The van der Waals surface area contributed by atoms with Crippen molar-refractivity contribution in [3.63, 3.8) is 0 Å². The van der Waals surface area contributed by atoms with Gasteiger partial charge in [0, 0.05) is 0 Å². The number of rotatable bonds is 6. The van der Waals surface area contributed by atoms with Crippen molar-refractivity contribution in [1.82, 2.24) is 9.97 Å². The molecule has 184 valence electrons. The van der Waals surface area contributed by atoms with Crippen molar-refractivity contribution in [2.24, 2.45) is 0 Å². The van der Waals surface area contributed by atoms with Crippen molar-refractivity contribution in [3.05, 3.63) is 56.6 Å². The topological polar surface area (TPSA) is 139 Å². The fourth-order valence-corrected chi connectivity index (χ4v) is 4.76. The molecule has 1 aromatic heterocycles. The Morgan fingerprint density at radius 2 is 1.34 bits per heavy atom. The number of nitriles is 1. The van der Waals surface area contributed by atoms with Gasteiger partial charge in [-0.2, -0.15) is 10.2 Å². The number of allylic oxidation sites excluding steroid dienone is 2. The molecule has 0 saturated heterocycles. The van der Waals surface area contributed by atoms with Gasteiger partial charge in [0.25, 0.3) is 0 Å². The number of benzene rings is 2. The molecule has 0 aliphatic heterocycles. The highest BCUT2D eigenvalue weighted by molar-refractivity contribution is 14.1. The van der Waals surface area contributed by atoms with Crippen LogP contribution in [0.1, 0.15) is 6.92 Å². The molecule has 13 heteroatoms. The second-order valence-corrected chi connectivity index (χ2v) is 10.9. The largest absolute Gasteiger partial charge is 0.496 e. The lowest BCUT2D eigenvalue weighted by molar-refractivity contribution is 0.406. The summed E-state index contributed by atoms with van der Waals surface area (Å²) >= 11 is 8.64. The molecule has 0 spiro atoms. The molecule has 2 aromatic carbocycles. The maximum absolute atomic E-state index is 8.78. The standard InChI is InChI=1S/C11H10I2N4O2.C11H9I2NO2/c1-18-7-2-6(13)8(3-5(7)12)19-9-4-16-11(15)17-10(9)14;1-3-7(6-14)16-11-5-8(12)10(15-2)4-9(11)13/h2-4H,1H3,(H4,14,15,16,17);3-5H,1-2H3/b;7-3-.